The first kappa shape index (κ1) is 24.8. The number of rotatable bonds is 5. The molecule has 38 heavy (non-hydrogen) atoms. The maximum absolute atomic E-state index is 2.41. The van der Waals surface area contributed by atoms with E-state index >= 15 is 0 Å². The Bertz CT molecular complexity index is 1640. The van der Waals surface area contributed by atoms with E-state index in [2.05, 4.69) is 140 Å². The molecule has 5 aromatic carbocycles. The summed E-state index contributed by atoms with van der Waals surface area (Å²) < 4.78 is 0. The van der Waals surface area contributed by atoms with Gasteiger partial charge in [0.15, 0.2) is 0 Å². The molecule has 0 fully saturated rings. The average Bonchev–Trinajstić information content (AvgIpc) is 3.63. The van der Waals surface area contributed by atoms with E-state index in [9.17, 15) is 0 Å². The minimum Gasteiger partial charge on any atom is -0.0804 e. The van der Waals surface area contributed by atoms with Gasteiger partial charge in [0.25, 0.3) is 0 Å². The van der Waals surface area contributed by atoms with Gasteiger partial charge in [0, 0.05) is 32.1 Å². The summed E-state index contributed by atoms with van der Waals surface area (Å²) in [6.07, 6.45) is 8.81. The van der Waals surface area contributed by atoms with E-state index in [1.807, 2.05) is 0 Å². The van der Waals surface area contributed by atoms with Crippen LogP contribution in [0.15, 0.2) is 145 Å². The van der Waals surface area contributed by atoms with Gasteiger partial charge in [-0.1, -0.05) is 145 Å². The smallest absolute Gasteiger partial charge is 0.0314 e. The first-order chi connectivity index (χ1) is 18.4. The van der Waals surface area contributed by atoms with Crippen LogP contribution in [0.4, 0.5) is 0 Å². The quantitative estimate of drug-likeness (QED) is 0.196. The van der Waals surface area contributed by atoms with E-state index in [4.69, 9.17) is 0 Å². The van der Waals surface area contributed by atoms with E-state index < -0.39 is 0 Å². The summed E-state index contributed by atoms with van der Waals surface area (Å²) >= 11 is 0. The van der Waals surface area contributed by atoms with Crippen molar-refractivity contribution < 1.29 is 26.2 Å². The Kier molecular flexibility index (Phi) is 6.96. The van der Waals surface area contributed by atoms with Gasteiger partial charge < -0.3 is 0 Å². The molecule has 0 nitrogen and oxygen atoms in total. The second-order valence-electron chi connectivity index (χ2n) is 10.1. The molecule has 0 saturated heterocycles. The third-order valence-corrected chi connectivity index (χ3v) is 7.90. The molecule has 1 heteroatoms. The Morgan fingerprint density at radius 2 is 1.18 bits per heavy atom. The molecule has 0 bridgehead atoms. The van der Waals surface area contributed by atoms with Gasteiger partial charge in [0.2, 0.25) is 0 Å². The molecule has 0 aliphatic heterocycles. The van der Waals surface area contributed by atoms with Crippen molar-refractivity contribution in [3.63, 3.8) is 0 Å². The van der Waals surface area contributed by atoms with Crippen molar-refractivity contribution >= 4 is 0 Å². The standard InChI is InChI=1S/C37H28.Zr/c1-4-12-26(13-5-1)30-20-21-32-31(24-30)25-35-34(32)23-22-33(27-14-6-2-7-15-27)37(35)36(29-18-10-11-19-29)28-16-8-3-9-17-28;/h1-18,20-24,36H,19,25H2;. The van der Waals surface area contributed by atoms with Gasteiger partial charge in [-0.2, -0.15) is 0 Å². The van der Waals surface area contributed by atoms with Crippen LogP contribution in [0.2, 0.25) is 0 Å². The first-order valence-corrected chi connectivity index (χ1v) is 13.2. The minimum absolute atomic E-state index is 0. The van der Waals surface area contributed by atoms with Crippen molar-refractivity contribution in [1.82, 2.24) is 0 Å². The van der Waals surface area contributed by atoms with E-state index in [-0.39, 0.29) is 32.1 Å². The zero-order valence-corrected chi connectivity index (χ0v) is 23.7. The average molecular weight is 564 g/mol. The molecule has 0 heterocycles. The molecule has 0 saturated carbocycles. The molecule has 1 atom stereocenters. The summed E-state index contributed by atoms with van der Waals surface area (Å²) in [7, 11) is 0. The minimum atomic E-state index is 0. The number of fused-ring (bicyclic) bond motifs is 3. The molecule has 0 amide bonds. The Balaban J connectivity index is 0.00000264. The number of hydrogen-bond acceptors (Lipinski definition) is 0. The van der Waals surface area contributed by atoms with Gasteiger partial charge in [-0.15, -0.1) is 0 Å². The zero-order valence-electron chi connectivity index (χ0n) is 21.3. The number of benzene rings is 5. The molecular formula is C37H28Zr. The number of allylic oxidation sites excluding steroid dienone is 4. The predicted octanol–water partition coefficient (Wildman–Crippen LogP) is 9.61. The number of hydrogen-bond donors (Lipinski definition) is 0. The van der Waals surface area contributed by atoms with Gasteiger partial charge in [-0.3, -0.25) is 0 Å². The molecule has 5 aromatic rings. The van der Waals surface area contributed by atoms with E-state index in [0.29, 0.717) is 0 Å². The Hall–Kier alpha value is -3.54. The van der Waals surface area contributed by atoms with E-state index in [1.165, 1.54) is 61.2 Å². The van der Waals surface area contributed by atoms with Crippen molar-refractivity contribution in [3.8, 4) is 33.4 Å². The largest absolute Gasteiger partial charge is 0.0804 e. The molecule has 0 radical (unpaired) electrons. The zero-order chi connectivity index (χ0) is 24.6. The maximum atomic E-state index is 2.41. The summed E-state index contributed by atoms with van der Waals surface area (Å²) in [6.45, 7) is 0. The van der Waals surface area contributed by atoms with Gasteiger partial charge >= 0.3 is 0 Å². The normalized spacial score (nSPS) is 13.8. The molecule has 0 N–H and O–H groups in total. The predicted molar refractivity (Wildman–Crippen MR) is 156 cm³/mol. The van der Waals surface area contributed by atoms with Crippen LogP contribution >= 0.6 is 0 Å². The van der Waals surface area contributed by atoms with Crippen LogP contribution in [-0.2, 0) is 32.6 Å². The van der Waals surface area contributed by atoms with Gasteiger partial charge in [-0.05, 0) is 68.5 Å². The van der Waals surface area contributed by atoms with Crippen LogP contribution in [0.1, 0.15) is 34.6 Å². The van der Waals surface area contributed by atoms with Crippen molar-refractivity contribution in [2.75, 3.05) is 0 Å². The summed E-state index contributed by atoms with van der Waals surface area (Å²) in [5, 5.41) is 0. The summed E-state index contributed by atoms with van der Waals surface area (Å²) in [5.41, 5.74) is 15.2. The monoisotopic (exact) mass is 562 g/mol. The Labute approximate surface area is 244 Å². The maximum Gasteiger partial charge on any atom is 0.0314 e. The fraction of sp³-hybridized carbons (Fsp3) is 0.0811. The molecule has 0 aromatic heterocycles. The third kappa shape index (κ3) is 4.40. The van der Waals surface area contributed by atoms with Crippen molar-refractivity contribution in [3.05, 3.63) is 167 Å². The van der Waals surface area contributed by atoms with Crippen LogP contribution in [0.25, 0.3) is 33.4 Å². The molecule has 180 valence electrons. The van der Waals surface area contributed by atoms with Crippen LogP contribution in [0, 0.1) is 0 Å². The van der Waals surface area contributed by atoms with Crippen molar-refractivity contribution in [2.24, 2.45) is 0 Å². The van der Waals surface area contributed by atoms with Crippen LogP contribution in [-0.4, -0.2) is 0 Å². The Morgan fingerprint density at radius 3 is 1.87 bits per heavy atom. The van der Waals surface area contributed by atoms with Gasteiger partial charge in [0.1, 0.15) is 0 Å². The molecule has 2 aliphatic carbocycles. The van der Waals surface area contributed by atoms with Crippen LogP contribution in [0.5, 0.6) is 0 Å². The fourth-order valence-corrected chi connectivity index (χ4v) is 6.20. The SMILES string of the molecule is C1=CCC(C(c2ccccc2)c2c(-c3ccccc3)ccc3c2Cc2cc(-c4ccccc4)ccc2-3)=C1.[Zr]. The van der Waals surface area contributed by atoms with Gasteiger partial charge in [0.05, 0.1) is 0 Å². The second-order valence-corrected chi connectivity index (χ2v) is 10.1. The summed E-state index contributed by atoms with van der Waals surface area (Å²) in [5.74, 6) is 0.226. The fourth-order valence-electron chi connectivity index (χ4n) is 6.20. The van der Waals surface area contributed by atoms with Gasteiger partial charge in [-0.25, -0.2) is 0 Å². The Morgan fingerprint density at radius 1 is 0.553 bits per heavy atom. The molecular weight excluding hydrogens is 536 g/mol. The first-order valence-electron chi connectivity index (χ1n) is 13.2. The van der Waals surface area contributed by atoms with E-state index in [0.717, 1.165) is 12.8 Å². The topological polar surface area (TPSA) is 0 Å². The van der Waals surface area contributed by atoms with Crippen molar-refractivity contribution in [1.29, 1.82) is 0 Å². The molecule has 2 aliphatic rings. The summed E-state index contributed by atoms with van der Waals surface area (Å²) in [6, 6.07) is 44.5. The van der Waals surface area contributed by atoms with Crippen LogP contribution in [0.3, 0.4) is 0 Å². The van der Waals surface area contributed by atoms with Crippen LogP contribution < -0.4 is 0 Å². The molecule has 7 rings (SSSR count). The second kappa shape index (κ2) is 10.7. The molecule has 0 spiro atoms. The van der Waals surface area contributed by atoms with Crippen molar-refractivity contribution in [2.45, 2.75) is 18.8 Å². The summed E-state index contributed by atoms with van der Waals surface area (Å²) in [4.78, 5) is 0. The third-order valence-electron chi connectivity index (χ3n) is 7.90. The molecule has 1 unspecified atom stereocenters. The van der Waals surface area contributed by atoms with E-state index in [1.54, 1.807) is 0 Å².